The minimum atomic E-state index is -0.300. The Hall–Kier alpha value is -3.44. The van der Waals surface area contributed by atoms with Crippen molar-refractivity contribution < 1.29 is 9.59 Å². The molecule has 2 aromatic carbocycles. The van der Waals surface area contributed by atoms with Gasteiger partial charge in [0, 0.05) is 0 Å². The lowest BCUT2D eigenvalue weighted by molar-refractivity contribution is 0.0879. The molecule has 0 aliphatic carbocycles. The van der Waals surface area contributed by atoms with Crippen LogP contribution in [0.2, 0.25) is 0 Å². The molecule has 0 radical (unpaired) electrons. The van der Waals surface area contributed by atoms with Gasteiger partial charge in [0.25, 0.3) is 11.8 Å². The van der Waals surface area contributed by atoms with Crippen molar-refractivity contribution in [2.24, 2.45) is 0 Å². The van der Waals surface area contributed by atoms with Crippen molar-refractivity contribution in [3.05, 3.63) is 70.3 Å². The fraction of sp³-hybridized carbons (Fsp3) is 0.0588. The van der Waals surface area contributed by atoms with Crippen molar-refractivity contribution in [1.29, 1.82) is 10.5 Å². The van der Waals surface area contributed by atoms with Crippen LogP contribution in [0.25, 0.3) is 0 Å². The molecule has 0 atom stereocenters. The number of rotatable bonds is 0. The molecule has 5 nitrogen and oxygen atoms in total. The number of nitriles is 2. The first-order valence-electron chi connectivity index (χ1n) is 6.43. The van der Waals surface area contributed by atoms with Gasteiger partial charge in [0.15, 0.2) is 0 Å². The molecule has 0 bridgehead atoms. The SMILES string of the molecule is Cc1cccc(C#N)c1C#N.O=C1NC(=O)c2ccccc21. The molecule has 1 heterocycles. The van der Waals surface area contributed by atoms with Gasteiger partial charge in [-0.3, -0.25) is 14.9 Å². The highest BCUT2D eigenvalue weighted by Gasteiger charge is 2.25. The van der Waals surface area contributed by atoms with Crippen molar-refractivity contribution in [1.82, 2.24) is 5.32 Å². The monoisotopic (exact) mass is 289 g/mol. The molecule has 0 fully saturated rings. The van der Waals surface area contributed by atoms with Crippen LogP contribution in [0, 0.1) is 29.6 Å². The summed E-state index contributed by atoms with van der Waals surface area (Å²) < 4.78 is 0. The third-order valence-electron chi connectivity index (χ3n) is 3.15. The topological polar surface area (TPSA) is 93.8 Å². The number of fused-ring (bicyclic) bond motifs is 1. The lowest BCUT2D eigenvalue weighted by atomic mass is 10.0. The first kappa shape index (κ1) is 15.0. The summed E-state index contributed by atoms with van der Waals surface area (Å²) in [4.78, 5) is 21.9. The number of carbonyl (C=O) groups excluding carboxylic acids is 2. The van der Waals surface area contributed by atoms with Gasteiger partial charge in [0.2, 0.25) is 0 Å². The van der Waals surface area contributed by atoms with Crippen LogP contribution in [0.4, 0.5) is 0 Å². The number of aryl methyl sites for hydroxylation is 1. The van der Waals surface area contributed by atoms with Crippen molar-refractivity contribution >= 4 is 11.8 Å². The molecule has 5 heteroatoms. The lowest BCUT2D eigenvalue weighted by Gasteiger charge is -1.96. The van der Waals surface area contributed by atoms with Crippen LogP contribution < -0.4 is 5.32 Å². The Morgan fingerprint density at radius 1 is 0.864 bits per heavy atom. The normalized spacial score (nSPS) is 11.4. The van der Waals surface area contributed by atoms with Crippen LogP contribution in [-0.4, -0.2) is 11.8 Å². The molecular formula is C17H11N3O2. The van der Waals surface area contributed by atoms with Crippen LogP contribution in [0.15, 0.2) is 42.5 Å². The van der Waals surface area contributed by atoms with Gasteiger partial charge in [-0.2, -0.15) is 10.5 Å². The average Bonchev–Trinajstić information content (AvgIpc) is 2.83. The minimum Gasteiger partial charge on any atom is -0.288 e. The quantitative estimate of drug-likeness (QED) is 0.753. The highest BCUT2D eigenvalue weighted by Crippen LogP contribution is 2.13. The summed E-state index contributed by atoms with van der Waals surface area (Å²) in [5.74, 6) is -0.601. The van der Waals surface area contributed by atoms with Gasteiger partial charge in [0.05, 0.1) is 22.3 Å². The Labute approximate surface area is 127 Å². The molecule has 1 aliphatic heterocycles. The summed E-state index contributed by atoms with van der Waals surface area (Å²) in [6.45, 7) is 1.82. The van der Waals surface area contributed by atoms with E-state index >= 15 is 0 Å². The van der Waals surface area contributed by atoms with Crippen molar-refractivity contribution in [2.75, 3.05) is 0 Å². The van der Waals surface area contributed by atoms with Gasteiger partial charge in [0.1, 0.15) is 12.1 Å². The zero-order chi connectivity index (χ0) is 16.1. The van der Waals surface area contributed by atoms with Crippen molar-refractivity contribution in [3.63, 3.8) is 0 Å². The van der Waals surface area contributed by atoms with Gasteiger partial charge in [-0.1, -0.05) is 24.3 Å². The van der Waals surface area contributed by atoms with Gasteiger partial charge in [-0.05, 0) is 30.7 Å². The molecule has 0 aromatic heterocycles. The number of imide groups is 1. The maximum Gasteiger partial charge on any atom is 0.258 e. The molecule has 2 aromatic rings. The number of amides is 2. The molecule has 22 heavy (non-hydrogen) atoms. The number of nitrogens with zero attached hydrogens (tertiary/aromatic N) is 2. The molecule has 2 amide bonds. The maximum atomic E-state index is 10.9. The van der Waals surface area contributed by atoms with Crippen LogP contribution in [-0.2, 0) is 0 Å². The highest BCUT2D eigenvalue weighted by molar-refractivity contribution is 6.21. The van der Waals surface area contributed by atoms with E-state index in [1.165, 1.54) is 0 Å². The van der Waals surface area contributed by atoms with E-state index < -0.39 is 0 Å². The summed E-state index contributed by atoms with van der Waals surface area (Å²) in [5.41, 5.74) is 2.73. The molecule has 0 spiro atoms. The molecule has 0 saturated heterocycles. The minimum absolute atomic E-state index is 0.300. The third-order valence-corrected chi connectivity index (χ3v) is 3.15. The molecule has 1 aliphatic rings. The number of nitrogens with one attached hydrogen (secondary N) is 1. The summed E-state index contributed by atoms with van der Waals surface area (Å²) in [7, 11) is 0. The molecule has 0 unspecified atom stereocenters. The molecule has 1 N–H and O–H groups in total. The van der Waals surface area contributed by atoms with E-state index in [0.717, 1.165) is 5.56 Å². The van der Waals surface area contributed by atoms with E-state index in [0.29, 0.717) is 22.3 Å². The summed E-state index contributed by atoms with van der Waals surface area (Å²) >= 11 is 0. The molecular weight excluding hydrogens is 278 g/mol. The molecule has 0 saturated carbocycles. The Kier molecular flexibility index (Phi) is 4.31. The summed E-state index contributed by atoms with van der Waals surface area (Å²) in [5, 5.41) is 19.4. The summed E-state index contributed by atoms with van der Waals surface area (Å²) in [6.07, 6.45) is 0. The largest absolute Gasteiger partial charge is 0.288 e. The van der Waals surface area contributed by atoms with Crippen LogP contribution in [0.5, 0.6) is 0 Å². The zero-order valence-electron chi connectivity index (χ0n) is 11.8. The van der Waals surface area contributed by atoms with Gasteiger partial charge in [-0.25, -0.2) is 0 Å². The second kappa shape index (κ2) is 6.34. The van der Waals surface area contributed by atoms with E-state index in [1.807, 2.05) is 25.1 Å². The van der Waals surface area contributed by atoms with E-state index in [-0.39, 0.29) is 11.8 Å². The third kappa shape index (κ3) is 2.84. The first-order chi connectivity index (χ1) is 10.6. The smallest absolute Gasteiger partial charge is 0.258 e. The highest BCUT2D eigenvalue weighted by atomic mass is 16.2. The van der Waals surface area contributed by atoms with Crippen LogP contribution >= 0.6 is 0 Å². The van der Waals surface area contributed by atoms with E-state index in [1.54, 1.807) is 36.4 Å². The Morgan fingerprint density at radius 3 is 1.91 bits per heavy atom. The lowest BCUT2D eigenvalue weighted by Crippen LogP contribution is -2.19. The van der Waals surface area contributed by atoms with E-state index in [2.05, 4.69) is 5.32 Å². The van der Waals surface area contributed by atoms with Crippen molar-refractivity contribution in [2.45, 2.75) is 6.92 Å². The standard InChI is InChI=1S/C9H6N2.C8H5NO2/c1-7-3-2-4-8(5-10)9(7)6-11;10-7-5-3-1-2-4-6(5)8(11)9-7/h2-4H,1H3;1-4H,(H,9,10,11). The Balaban J connectivity index is 0.000000160. The predicted octanol–water partition coefficient (Wildman–Crippen LogP) is 2.31. The second-order valence-corrected chi connectivity index (χ2v) is 4.55. The fourth-order valence-corrected chi connectivity index (χ4v) is 2.03. The van der Waals surface area contributed by atoms with E-state index in [4.69, 9.17) is 10.5 Å². The molecule has 106 valence electrons. The van der Waals surface area contributed by atoms with Gasteiger partial charge in [-0.15, -0.1) is 0 Å². The number of benzene rings is 2. The van der Waals surface area contributed by atoms with Crippen LogP contribution in [0.1, 0.15) is 37.4 Å². The average molecular weight is 289 g/mol. The summed E-state index contributed by atoms with van der Waals surface area (Å²) in [6, 6.07) is 15.9. The second-order valence-electron chi connectivity index (χ2n) is 4.55. The zero-order valence-corrected chi connectivity index (χ0v) is 11.8. The predicted molar refractivity (Wildman–Crippen MR) is 78.8 cm³/mol. The van der Waals surface area contributed by atoms with Crippen molar-refractivity contribution in [3.8, 4) is 12.1 Å². The van der Waals surface area contributed by atoms with E-state index in [9.17, 15) is 9.59 Å². The number of hydrogen-bond donors (Lipinski definition) is 1. The number of carbonyl (C=O) groups is 2. The number of hydrogen-bond acceptors (Lipinski definition) is 4. The Morgan fingerprint density at radius 2 is 1.45 bits per heavy atom. The van der Waals surface area contributed by atoms with Gasteiger partial charge >= 0.3 is 0 Å². The first-order valence-corrected chi connectivity index (χ1v) is 6.43. The maximum absolute atomic E-state index is 10.9. The fourth-order valence-electron chi connectivity index (χ4n) is 2.03. The van der Waals surface area contributed by atoms with Crippen LogP contribution in [0.3, 0.4) is 0 Å². The molecule has 3 rings (SSSR count). The van der Waals surface area contributed by atoms with Gasteiger partial charge < -0.3 is 0 Å². The Bertz CT molecular complexity index is 809.